The quantitative estimate of drug-likeness (QED) is 0.769. The van der Waals surface area contributed by atoms with Gasteiger partial charge in [-0.25, -0.2) is 8.42 Å². The molecule has 0 unspecified atom stereocenters. The van der Waals surface area contributed by atoms with Gasteiger partial charge in [-0.1, -0.05) is 23.7 Å². The van der Waals surface area contributed by atoms with Crippen LogP contribution in [0.2, 0.25) is 5.02 Å². The highest BCUT2D eigenvalue weighted by Crippen LogP contribution is 2.21. The summed E-state index contributed by atoms with van der Waals surface area (Å²) in [5, 5.41) is 5.36. The minimum atomic E-state index is -3.56. The molecule has 6 nitrogen and oxygen atoms in total. The maximum Gasteiger partial charge on any atom is 0.243 e. The van der Waals surface area contributed by atoms with Crippen molar-refractivity contribution in [3.8, 4) is 0 Å². The van der Waals surface area contributed by atoms with Crippen molar-refractivity contribution in [1.82, 2.24) is 14.5 Å². The molecule has 1 saturated heterocycles. The van der Waals surface area contributed by atoms with E-state index in [4.69, 9.17) is 11.6 Å². The molecule has 2 heterocycles. The Labute approximate surface area is 168 Å². The number of carbonyl (C=O) groups is 1. The molecule has 0 bridgehead atoms. The summed E-state index contributed by atoms with van der Waals surface area (Å²) in [5.41, 5.74) is 0. The van der Waals surface area contributed by atoms with Crippen LogP contribution in [-0.2, 0) is 14.8 Å². The molecule has 0 spiro atoms. The topological polar surface area (TPSA) is 69.7 Å². The van der Waals surface area contributed by atoms with E-state index in [9.17, 15) is 13.2 Å². The van der Waals surface area contributed by atoms with Gasteiger partial charge in [-0.05, 0) is 36.6 Å². The van der Waals surface area contributed by atoms with Gasteiger partial charge in [-0.15, -0.1) is 11.3 Å². The number of rotatable bonds is 6. The number of thiophene rings is 1. The van der Waals surface area contributed by atoms with Gasteiger partial charge >= 0.3 is 0 Å². The van der Waals surface area contributed by atoms with Crippen LogP contribution in [-0.4, -0.2) is 56.3 Å². The first-order valence-electron chi connectivity index (χ1n) is 8.67. The van der Waals surface area contributed by atoms with Gasteiger partial charge in [0.25, 0.3) is 0 Å². The average molecular weight is 428 g/mol. The lowest BCUT2D eigenvalue weighted by molar-refractivity contribution is -0.123. The van der Waals surface area contributed by atoms with E-state index in [2.05, 4.69) is 5.32 Å². The van der Waals surface area contributed by atoms with Crippen LogP contribution >= 0.6 is 22.9 Å². The first-order valence-corrected chi connectivity index (χ1v) is 11.4. The molecular formula is C18H22ClN3O3S2. The standard InChI is InChI=1S/C18H22ClN3O3S2/c1-14(17-6-3-11-26-17)20-18(23)13-21-7-9-22(10-8-21)27(24,25)16-5-2-4-15(19)12-16/h2-6,11-12,14H,7-10,13H2,1H3,(H,20,23)/t14-/m1/s1. The van der Waals surface area contributed by atoms with Crippen LogP contribution in [0.5, 0.6) is 0 Å². The van der Waals surface area contributed by atoms with Crippen LogP contribution in [0.3, 0.4) is 0 Å². The molecule has 3 rings (SSSR count). The highest BCUT2D eigenvalue weighted by atomic mass is 35.5. The van der Waals surface area contributed by atoms with E-state index >= 15 is 0 Å². The van der Waals surface area contributed by atoms with E-state index in [1.807, 2.05) is 29.3 Å². The van der Waals surface area contributed by atoms with Crippen LogP contribution < -0.4 is 5.32 Å². The molecule has 0 aliphatic carbocycles. The number of nitrogens with zero attached hydrogens (tertiary/aromatic N) is 2. The second kappa shape index (κ2) is 8.70. The zero-order valence-corrected chi connectivity index (χ0v) is 17.4. The summed E-state index contributed by atoms with van der Waals surface area (Å²) in [6.45, 7) is 3.95. The van der Waals surface area contributed by atoms with Crippen LogP contribution in [0, 0.1) is 0 Å². The largest absolute Gasteiger partial charge is 0.348 e. The summed E-state index contributed by atoms with van der Waals surface area (Å²) in [6, 6.07) is 10.2. The molecule has 1 fully saturated rings. The third kappa shape index (κ3) is 5.08. The van der Waals surface area contributed by atoms with E-state index < -0.39 is 10.0 Å². The number of nitrogens with one attached hydrogen (secondary N) is 1. The van der Waals surface area contributed by atoms with Gasteiger partial charge in [0.1, 0.15) is 0 Å². The van der Waals surface area contributed by atoms with Crippen molar-refractivity contribution in [2.75, 3.05) is 32.7 Å². The number of hydrogen-bond donors (Lipinski definition) is 1. The molecule has 1 aliphatic heterocycles. The molecule has 0 radical (unpaired) electrons. The van der Waals surface area contributed by atoms with Crippen LogP contribution in [0.15, 0.2) is 46.7 Å². The molecule has 146 valence electrons. The van der Waals surface area contributed by atoms with Gasteiger partial charge in [-0.3, -0.25) is 9.69 Å². The number of carbonyl (C=O) groups excluding carboxylic acids is 1. The lowest BCUT2D eigenvalue weighted by Crippen LogP contribution is -2.51. The maximum atomic E-state index is 12.7. The summed E-state index contributed by atoms with van der Waals surface area (Å²) in [6.07, 6.45) is 0. The number of amides is 1. The fourth-order valence-corrected chi connectivity index (χ4v) is 5.46. The predicted octanol–water partition coefficient (Wildman–Crippen LogP) is 2.59. The van der Waals surface area contributed by atoms with Gasteiger partial charge in [0.15, 0.2) is 0 Å². The summed E-state index contributed by atoms with van der Waals surface area (Å²) >= 11 is 7.52. The van der Waals surface area contributed by atoms with Gasteiger partial charge < -0.3 is 5.32 Å². The van der Waals surface area contributed by atoms with E-state index in [1.54, 1.807) is 29.5 Å². The Bertz CT molecular complexity index is 879. The van der Waals surface area contributed by atoms with E-state index in [0.29, 0.717) is 31.2 Å². The third-order valence-electron chi connectivity index (χ3n) is 4.48. The normalized spacial score (nSPS) is 17.6. The highest BCUT2D eigenvalue weighted by molar-refractivity contribution is 7.89. The second-order valence-corrected chi connectivity index (χ2v) is 9.80. The van der Waals surface area contributed by atoms with Crippen molar-refractivity contribution in [2.45, 2.75) is 17.9 Å². The molecule has 9 heteroatoms. The van der Waals surface area contributed by atoms with Crippen LogP contribution in [0.1, 0.15) is 17.8 Å². The zero-order chi connectivity index (χ0) is 19.4. The first kappa shape index (κ1) is 20.3. The number of halogens is 1. The summed E-state index contributed by atoms with van der Waals surface area (Å²) in [7, 11) is -3.56. The fraction of sp³-hybridized carbons (Fsp3) is 0.389. The predicted molar refractivity (Wildman–Crippen MR) is 108 cm³/mol. The second-order valence-electron chi connectivity index (χ2n) is 6.44. The molecule has 27 heavy (non-hydrogen) atoms. The van der Waals surface area contributed by atoms with Gasteiger partial charge in [0, 0.05) is 36.1 Å². The SMILES string of the molecule is C[C@@H](NC(=O)CN1CCN(S(=O)(=O)c2cccc(Cl)c2)CC1)c1cccs1. The third-order valence-corrected chi connectivity index (χ3v) is 7.66. The van der Waals surface area contributed by atoms with Crippen molar-refractivity contribution in [1.29, 1.82) is 0 Å². The minimum absolute atomic E-state index is 0.0259. The molecule has 1 aromatic heterocycles. The van der Waals surface area contributed by atoms with Crippen LogP contribution in [0.4, 0.5) is 0 Å². The Balaban J connectivity index is 1.52. The summed E-state index contributed by atoms with van der Waals surface area (Å²) < 4.78 is 26.9. The Morgan fingerprint density at radius 2 is 1.96 bits per heavy atom. The average Bonchev–Trinajstić information content (AvgIpc) is 3.17. The fourth-order valence-electron chi connectivity index (χ4n) is 3.00. The Hall–Kier alpha value is -1.45. The number of hydrogen-bond acceptors (Lipinski definition) is 5. The zero-order valence-electron chi connectivity index (χ0n) is 15.0. The molecule has 2 aromatic rings. The molecule has 1 atom stereocenters. The van der Waals surface area contributed by atoms with Crippen LogP contribution in [0.25, 0.3) is 0 Å². The van der Waals surface area contributed by atoms with E-state index in [1.165, 1.54) is 10.4 Å². The molecule has 1 N–H and O–H groups in total. The van der Waals surface area contributed by atoms with Crippen molar-refractivity contribution >= 4 is 38.9 Å². The monoisotopic (exact) mass is 427 g/mol. The van der Waals surface area contributed by atoms with E-state index in [-0.39, 0.29) is 23.4 Å². The maximum absolute atomic E-state index is 12.7. The van der Waals surface area contributed by atoms with Crippen molar-refractivity contribution in [3.05, 3.63) is 51.7 Å². The first-order chi connectivity index (χ1) is 12.9. The highest BCUT2D eigenvalue weighted by Gasteiger charge is 2.29. The van der Waals surface area contributed by atoms with Gasteiger partial charge in [0.05, 0.1) is 17.5 Å². The lowest BCUT2D eigenvalue weighted by Gasteiger charge is -2.33. The number of piperazine rings is 1. The Kier molecular flexibility index (Phi) is 6.54. The molecule has 1 aromatic carbocycles. The summed E-state index contributed by atoms with van der Waals surface area (Å²) in [5.74, 6) is -0.0537. The summed E-state index contributed by atoms with van der Waals surface area (Å²) in [4.78, 5) is 15.5. The van der Waals surface area contributed by atoms with Crippen molar-refractivity contribution in [2.24, 2.45) is 0 Å². The van der Waals surface area contributed by atoms with Crippen molar-refractivity contribution in [3.63, 3.8) is 0 Å². The Morgan fingerprint density at radius 3 is 2.59 bits per heavy atom. The number of benzene rings is 1. The number of sulfonamides is 1. The van der Waals surface area contributed by atoms with Gasteiger partial charge in [0.2, 0.25) is 15.9 Å². The molecular weight excluding hydrogens is 406 g/mol. The van der Waals surface area contributed by atoms with Gasteiger partial charge in [-0.2, -0.15) is 4.31 Å². The smallest absolute Gasteiger partial charge is 0.243 e. The lowest BCUT2D eigenvalue weighted by atomic mass is 10.2. The molecule has 1 aliphatic rings. The van der Waals surface area contributed by atoms with E-state index in [0.717, 1.165) is 4.88 Å². The Morgan fingerprint density at radius 1 is 1.22 bits per heavy atom. The minimum Gasteiger partial charge on any atom is -0.348 e. The van der Waals surface area contributed by atoms with Crippen molar-refractivity contribution < 1.29 is 13.2 Å². The molecule has 0 saturated carbocycles. The molecule has 1 amide bonds.